The quantitative estimate of drug-likeness (QED) is 0.0809. The monoisotopic (exact) mass is 772 g/mol. The minimum Gasteiger partial charge on any atom is -0.469 e. The van der Waals surface area contributed by atoms with Gasteiger partial charge < -0.3 is 29.6 Å². The number of carbonyl (C=O) groups excluding carboxylic acids is 8. The molecule has 2 amide bonds. The molecule has 3 aromatic rings. The second kappa shape index (κ2) is 21.0. The Balaban J connectivity index is 1.77. The van der Waals surface area contributed by atoms with Crippen molar-refractivity contribution in [1.82, 2.24) is 0 Å². The van der Waals surface area contributed by atoms with Gasteiger partial charge in [-0.1, -0.05) is 24.3 Å². The molecular formula is C38H40N6O12. The van der Waals surface area contributed by atoms with E-state index in [0.29, 0.717) is 22.3 Å². The van der Waals surface area contributed by atoms with Crippen LogP contribution in [0.1, 0.15) is 36.1 Å². The first-order valence-corrected chi connectivity index (χ1v) is 16.7. The number of benzene rings is 3. The fourth-order valence-electron chi connectivity index (χ4n) is 4.79. The summed E-state index contributed by atoms with van der Waals surface area (Å²) in [6, 6.07) is 11.7. The summed E-state index contributed by atoms with van der Waals surface area (Å²) in [5, 5.41) is 21.1. The fraction of sp³-hybridized carbons (Fsp3) is 0.316. The summed E-state index contributed by atoms with van der Waals surface area (Å²) in [4.78, 5) is 98.7. The lowest BCUT2D eigenvalue weighted by Crippen LogP contribution is -2.32. The van der Waals surface area contributed by atoms with E-state index in [-0.39, 0.29) is 48.4 Å². The topological polar surface area (TPSA) is 247 Å². The Bertz CT molecular complexity index is 1900. The highest BCUT2D eigenvalue weighted by Crippen LogP contribution is 2.26. The van der Waals surface area contributed by atoms with Crippen LogP contribution in [0, 0.1) is 0 Å². The van der Waals surface area contributed by atoms with Gasteiger partial charge in [0.15, 0.2) is 11.6 Å². The van der Waals surface area contributed by atoms with Crippen molar-refractivity contribution in [1.29, 1.82) is 0 Å². The van der Waals surface area contributed by atoms with Crippen LogP contribution >= 0.6 is 0 Å². The van der Waals surface area contributed by atoms with E-state index in [2.05, 4.69) is 31.1 Å². The van der Waals surface area contributed by atoms with Gasteiger partial charge in [0.25, 0.3) is 11.8 Å². The van der Waals surface area contributed by atoms with Crippen LogP contribution in [-0.4, -0.2) is 87.8 Å². The highest BCUT2D eigenvalue weighted by Gasteiger charge is 2.25. The molecule has 0 aliphatic heterocycles. The standard InChI is InChI=1S/C38H40N6O12/c1-21(45)35(43-41-29-15-23(17-31(47)53-3)7-9-25(29)19-33(49)55-5)37(51)39-27-11-13-28(14-12-27)40-38(52)36(22(2)46)44-42-30-16-24(18-32(48)54-4)8-10-26(30)20-34(50)56-6/h7-16,35-36H,17-20H2,1-6H3,(H,39,51)(H,40,52). The molecule has 2 atom stereocenters. The second-order valence-corrected chi connectivity index (χ2v) is 12.0. The molecule has 0 fully saturated rings. The molecule has 0 aliphatic rings. The molecular weight excluding hydrogens is 732 g/mol. The van der Waals surface area contributed by atoms with Crippen molar-refractivity contribution in [2.24, 2.45) is 20.5 Å². The number of nitrogens with one attached hydrogen (secondary N) is 2. The van der Waals surface area contributed by atoms with Gasteiger partial charge in [-0.3, -0.25) is 38.4 Å². The molecule has 0 aromatic heterocycles. The number of rotatable bonds is 18. The van der Waals surface area contributed by atoms with Crippen LogP contribution in [0.25, 0.3) is 0 Å². The summed E-state index contributed by atoms with van der Waals surface area (Å²) in [6.07, 6.45) is -0.581. The number of esters is 4. The van der Waals surface area contributed by atoms with Crippen molar-refractivity contribution in [3.05, 3.63) is 82.9 Å². The molecule has 0 spiro atoms. The number of Topliss-reactive ketones (excluding diaryl/α,β-unsaturated/α-hetero) is 2. The molecule has 56 heavy (non-hydrogen) atoms. The maximum absolute atomic E-state index is 13.1. The lowest BCUT2D eigenvalue weighted by molar-refractivity contribution is -0.140. The minimum atomic E-state index is -1.60. The lowest BCUT2D eigenvalue weighted by atomic mass is 10.0. The number of methoxy groups -OCH3 is 4. The molecule has 0 saturated heterocycles. The Labute approximate surface area is 321 Å². The van der Waals surface area contributed by atoms with E-state index in [1.165, 1.54) is 64.8 Å². The van der Waals surface area contributed by atoms with Gasteiger partial charge >= 0.3 is 23.9 Å². The van der Waals surface area contributed by atoms with Crippen LogP contribution < -0.4 is 10.6 Å². The molecule has 3 rings (SSSR count). The van der Waals surface area contributed by atoms with Crippen LogP contribution in [-0.2, 0) is 83.0 Å². The number of hydrogen-bond donors (Lipinski definition) is 2. The summed E-state index contributed by atoms with van der Waals surface area (Å²) >= 11 is 0. The zero-order valence-corrected chi connectivity index (χ0v) is 31.4. The third kappa shape index (κ3) is 13.2. The van der Waals surface area contributed by atoms with Crippen molar-refractivity contribution < 1.29 is 57.3 Å². The predicted molar refractivity (Wildman–Crippen MR) is 197 cm³/mol. The number of nitrogens with zero attached hydrogens (tertiary/aromatic N) is 4. The highest BCUT2D eigenvalue weighted by molar-refractivity contribution is 6.11. The smallest absolute Gasteiger partial charge is 0.310 e. The number of amides is 2. The molecule has 18 nitrogen and oxygen atoms in total. The van der Waals surface area contributed by atoms with Gasteiger partial charge in [-0.05, 0) is 72.5 Å². The van der Waals surface area contributed by atoms with Gasteiger partial charge in [0.2, 0.25) is 12.1 Å². The minimum absolute atomic E-state index is 0.0996. The normalized spacial score (nSPS) is 12.0. The average Bonchev–Trinajstić information content (AvgIpc) is 3.16. The maximum Gasteiger partial charge on any atom is 0.310 e. The molecule has 2 N–H and O–H groups in total. The Kier molecular flexibility index (Phi) is 16.3. The molecule has 0 aliphatic carbocycles. The number of anilines is 2. The first-order valence-electron chi connectivity index (χ1n) is 16.7. The molecule has 0 radical (unpaired) electrons. The summed E-state index contributed by atoms with van der Waals surface area (Å²) < 4.78 is 18.8. The summed E-state index contributed by atoms with van der Waals surface area (Å²) in [5.41, 5.74) is 2.41. The zero-order valence-electron chi connectivity index (χ0n) is 31.4. The molecule has 0 saturated carbocycles. The molecule has 0 heterocycles. The predicted octanol–water partition coefficient (Wildman–Crippen LogP) is 3.91. The molecule has 294 valence electrons. The first kappa shape index (κ1) is 43.4. The van der Waals surface area contributed by atoms with E-state index in [1.54, 1.807) is 24.3 Å². The Morgan fingerprint density at radius 2 is 0.821 bits per heavy atom. The highest BCUT2D eigenvalue weighted by atomic mass is 16.5. The SMILES string of the molecule is COC(=O)Cc1ccc(CC(=O)OC)c(N=NC(C(C)=O)C(=O)Nc2ccc(NC(=O)C(N=Nc3cc(CC(=O)OC)ccc3CC(=O)OC)C(C)=O)cc2)c1. The van der Waals surface area contributed by atoms with Crippen LogP contribution in [0.2, 0.25) is 0 Å². The van der Waals surface area contributed by atoms with Crippen molar-refractivity contribution >= 4 is 70.0 Å². The van der Waals surface area contributed by atoms with Gasteiger partial charge in [-0.25, -0.2) is 0 Å². The number of hydrogen-bond acceptors (Lipinski definition) is 16. The van der Waals surface area contributed by atoms with E-state index in [1.807, 2.05) is 0 Å². The van der Waals surface area contributed by atoms with E-state index < -0.39 is 59.3 Å². The number of ketones is 2. The van der Waals surface area contributed by atoms with Crippen LogP contribution in [0.15, 0.2) is 81.1 Å². The Morgan fingerprint density at radius 3 is 1.12 bits per heavy atom. The van der Waals surface area contributed by atoms with Gasteiger partial charge in [0, 0.05) is 11.4 Å². The van der Waals surface area contributed by atoms with Crippen molar-refractivity contribution in [3.63, 3.8) is 0 Å². The molecule has 0 bridgehead atoms. The van der Waals surface area contributed by atoms with E-state index in [4.69, 9.17) is 18.9 Å². The molecule has 18 heteroatoms. The Morgan fingerprint density at radius 1 is 0.500 bits per heavy atom. The van der Waals surface area contributed by atoms with Crippen molar-refractivity contribution in [3.8, 4) is 0 Å². The summed E-state index contributed by atoms with van der Waals surface area (Å²) in [6.45, 7) is 2.29. The molecule has 3 aromatic carbocycles. The van der Waals surface area contributed by atoms with E-state index in [0.717, 1.165) is 13.8 Å². The van der Waals surface area contributed by atoms with E-state index >= 15 is 0 Å². The van der Waals surface area contributed by atoms with Crippen LogP contribution in [0.4, 0.5) is 22.7 Å². The fourth-order valence-corrected chi connectivity index (χ4v) is 4.79. The second-order valence-electron chi connectivity index (χ2n) is 12.0. The molecule has 2 unspecified atom stereocenters. The third-order valence-electron chi connectivity index (χ3n) is 7.83. The largest absolute Gasteiger partial charge is 0.469 e. The Hall–Kier alpha value is -6.98. The summed E-state index contributed by atoms with van der Waals surface area (Å²) in [7, 11) is 4.90. The average molecular weight is 773 g/mol. The zero-order chi connectivity index (χ0) is 41.4. The van der Waals surface area contributed by atoms with Gasteiger partial charge in [0.1, 0.15) is 0 Å². The van der Waals surface area contributed by atoms with E-state index in [9.17, 15) is 38.4 Å². The first-order chi connectivity index (χ1) is 26.7. The van der Waals surface area contributed by atoms with Crippen molar-refractivity contribution in [2.75, 3.05) is 39.1 Å². The third-order valence-corrected chi connectivity index (χ3v) is 7.83. The summed E-state index contributed by atoms with van der Waals surface area (Å²) in [5.74, 6) is -5.15. The van der Waals surface area contributed by atoms with Gasteiger partial charge in [-0.2, -0.15) is 20.5 Å². The van der Waals surface area contributed by atoms with Crippen LogP contribution in [0.3, 0.4) is 0 Å². The van der Waals surface area contributed by atoms with Crippen molar-refractivity contribution in [2.45, 2.75) is 51.6 Å². The number of ether oxygens (including phenoxy) is 4. The number of carbonyl (C=O) groups is 8. The van der Waals surface area contributed by atoms with Gasteiger partial charge in [-0.15, -0.1) is 0 Å². The number of azo groups is 2. The lowest BCUT2D eigenvalue weighted by Gasteiger charge is -2.12. The maximum atomic E-state index is 13.1. The van der Waals surface area contributed by atoms with Crippen LogP contribution in [0.5, 0.6) is 0 Å². The van der Waals surface area contributed by atoms with Gasteiger partial charge in [0.05, 0.1) is 65.5 Å².